The molecule has 0 aromatic rings. The van der Waals surface area contributed by atoms with Gasteiger partial charge in [0.2, 0.25) is 0 Å². The smallest absolute Gasteiger partial charge is 0.449 e. The first kappa shape index (κ1) is 13.3. The fourth-order valence-corrected chi connectivity index (χ4v) is 2.12. The molecule has 0 unspecified atom stereocenters. The molecule has 0 aliphatic heterocycles. The van der Waals surface area contributed by atoms with E-state index in [1.165, 1.54) is 14.2 Å². The molecule has 0 fully saturated rings. The number of hydrogen-bond donors (Lipinski definition) is 0. The zero-order valence-electron chi connectivity index (χ0n) is 8.74. The predicted molar refractivity (Wildman–Crippen MR) is 52.3 cm³/mol. The van der Waals surface area contributed by atoms with Gasteiger partial charge in [0.1, 0.15) is 0 Å². The molecule has 0 heterocycles. The maximum atomic E-state index is 11.0. The summed E-state index contributed by atoms with van der Waals surface area (Å²) in [5, 5.41) is 0. The van der Waals surface area contributed by atoms with E-state index in [0.717, 1.165) is 12.5 Å². The SMILES string of the molecule is C=CC(=O)O[Si](OC)(OC)OCCC. The van der Waals surface area contributed by atoms with Crippen molar-refractivity contribution < 1.29 is 22.5 Å². The zero-order valence-corrected chi connectivity index (χ0v) is 9.74. The number of rotatable bonds is 7. The lowest BCUT2D eigenvalue weighted by Gasteiger charge is -2.23. The third-order valence-electron chi connectivity index (χ3n) is 1.38. The highest BCUT2D eigenvalue weighted by molar-refractivity contribution is 6.55. The Hall–Kier alpha value is -0.693. The first-order valence-corrected chi connectivity index (χ1v) is 5.87. The minimum absolute atomic E-state index is 0.415. The molecule has 0 atom stereocenters. The molecular weight excluding hydrogens is 204 g/mol. The Morgan fingerprint density at radius 2 is 2.00 bits per heavy atom. The molecule has 0 amide bonds. The molecule has 0 aromatic carbocycles. The van der Waals surface area contributed by atoms with Gasteiger partial charge < -0.3 is 17.7 Å². The Morgan fingerprint density at radius 1 is 1.43 bits per heavy atom. The average molecular weight is 220 g/mol. The standard InChI is InChI=1S/C8H16O5Si/c1-5-7-12-14(10-3,11-4)13-8(9)6-2/h6H,2,5,7H2,1,3-4H3. The van der Waals surface area contributed by atoms with Crippen molar-refractivity contribution in [2.45, 2.75) is 13.3 Å². The summed E-state index contributed by atoms with van der Waals surface area (Å²) >= 11 is 0. The van der Waals surface area contributed by atoms with Crippen LogP contribution < -0.4 is 0 Å². The summed E-state index contributed by atoms with van der Waals surface area (Å²) in [6.45, 7) is 5.62. The Balaban J connectivity index is 4.35. The van der Waals surface area contributed by atoms with Gasteiger partial charge in [-0.3, -0.25) is 0 Å². The van der Waals surface area contributed by atoms with Crippen LogP contribution in [0.2, 0.25) is 0 Å². The predicted octanol–water partition coefficient (Wildman–Crippen LogP) is 0.871. The molecule has 0 bridgehead atoms. The van der Waals surface area contributed by atoms with E-state index in [4.69, 9.17) is 17.7 Å². The van der Waals surface area contributed by atoms with Gasteiger partial charge in [0, 0.05) is 26.9 Å². The second-order valence-corrected chi connectivity index (χ2v) is 4.69. The minimum Gasteiger partial charge on any atom is -0.449 e. The van der Waals surface area contributed by atoms with Crippen LogP contribution >= 0.6 is 0 Å². The lowest BCUT2D eigenvalue weighted by molar-refractivity contribution is -0.137. The molecule has 0 aliphatic carbocycles. The summed E-state index contributed by atoms with van der Waals surface area (Å²) in [5.41, 5.74) is 0. The maximum Gasteiger partial charge on any atom is 0.751 e. The fraction of sp³-hybridized carbons (Fsp3) is 0.625. The van der Waals surface area contributed by atoms with Crippen molar-refractivity contribution in [1.29, 1.82) is 0 Å². The van der Waals surface area contributed by atoms with Crippen LogP contribution in [0.15, 0.2) is 12.7 Å². The molecule has 0 N–H and O–H groups in total. The fourth-order valence-electron chi connectivity index (χ4n) is 0.706. The molecule has 82 valence electrons. The van der Waals surface area contributed by atoms with Crippen molar-refractivity contribution in [3.8, 4) is 0 Å². The van der Waals surface area contributed by atoms with Crippen LogP contribution in [0, 0.1) is 0 Å². The summed E-state index contributed by atoms with van der Waals surface area (Å²) in [6, 6.07) is 0. The summed E-state index contributed by atoms with van der Waals surface area (Å²) in [5.74, 6) is -0.614. The molecule has 6 heteroatoms. The molecule has 0 saturated heterocycles. The van der Waals surface area contributed by atoms with Gasteiger partial charge in [0.05, 0.1) is 0 Å². The van der Waals surface area contributed by atoms with E-state index < -0.39 is 15.0 Å². The normalized spacial score (nSPS) is 11.1. The van der Waals surface area contributed by atoms with Crippen LogP contribution in [-0.2, 0) is 22.5 Å². The molecule has 0 aliphatic rings. The van der Waals surface area contributed by atoms with Gasteiger partial charge in [-0.15, -0.1) is 0 Å². The third-order valence-corrected chi connectivity index (χ3v) is 3.38. The second kappa shape index (κ2) is 6.72. The largest absolute Gasteiger partial charge is 0.751 e. The first-order chi connectivity index (χ1) is 6.64. The Morgan fingerprint density at radius 3 is 2.36 bits per heavy atom. The van der Waals surface area contributed by atoms with Gasteiger partial charge in [-0.05, 0) is 6.42 Å². The summed E-state index contributed by atoms with van der Waals surface area (Å²) in [4.78, 5) is 11.0. The Bertz CT molecular complexity index is 190. The highest BCUT2D eigenvalue weighted by Crippen LogP contribution is 2.10. The molecule has 0 aromatic heterocycles. The van der Waals surface area contributed by atoms with E-state index in [1.807, 2.05) is 6.92 Å². The van der Waals surface area contributed by atoms with Crippen molar-refractivity contribution in [3.05, 3.63) is 12.7 Å². The summed E-state index contributed by atoms with van der Waals surface area (Å²) in [7, 11) is -0.516. The van der Waals surface area contributed by atoms with Gasteiger partial charge in [-0.2, -0.15) is 0 Å². The van der Waals surface area contributed by atoms with Crippen molar-refractivity contribution in [2.75, 3.05) is 20.8 Å². The van der Waals surface area contributed by atoms with Crippen molar-refractivity contribution >= 4 is 15.0 Å². The van der Waals surface area contributed by atoms with Gasteiger partial charge >= 0.3 is 15.0 Å². The van der Waals surface area contributed by atoms with Gasteiger partial charge in [-0.1, -0.05) is 13.5 Å². The van der Waals surface area contributed by atoms with Crippen LogP contribution in [0.25, 0.3) is 0 Å². The molecule has 5 nitrogen and oxygen atoms in total. The van der Waals surface area contributed by atoms with Gasteiger partial charge in [-0.25, -0.2) is 4.79 Å². The highest BCUT2D eigenvalue weighted by atomic mass is 28.4. The van der Waals surface area contributed by atoms with Crippen LogP contribution in [0.5, 0.6) is 0 Å². The van der Waals surface area contributed by atoms with E-state index in [1.54, 1.807) is 0 Å². The van der Waals surface area contributed by atoms with Crippen LogP contribution in [0.3, 0.4) is 0 Å². The van der Waals surface area contributed by atoms with Crippen LogP contribution in [-0.4, -0.2) is 35.8 Å². The topological polar surface area (TPSA) is 54.0 Å². The number of carbonyl (C=O) groups is 1. The zero-order chi connectivity index (χ0) is 11.0. The Kier molecular flexibility index (Phi) is 6.38. The van der Waals surface area contributed by atoms with Gasteiger partial charge in [0.15, 0.2) is 0 Å². The molecule has 0 rings (SSSR count). The highest BCUT2D eigenvalue weighted by Gasteiger charge is 2.47. The van der Waals surface area contributed by atoms with Gasteiger partial charge in [0.25, 0.3) is 0 Å². The summed E-state index contributed by atoms with van der Waals surface area (Å²) < 4.78 is 20.1. The number of hydrogen-bond acceptors (Lipinski definition) is 5. The maximum absolute atomic E-state index is 11.0. The summed E-state index contributed by atoms with van der Waals surface area (Å²) in [6.07, 6.45) is 1.82. The average Bonchev–Trinajstić information content (AvgIpc) is 2.24. The molecule has 14 heavy (non-hydrogen) atoms. The van der Waals surface area contributed by atoms with E-state index in [-0.39, 0.29) is 0 Å². The second-order valence-electron chi connectivity index (χ2n) is 2.38. The number of carbonyl (C=O) groups excluding carboxylic acids is 1. The molecule has 0 spiro atoms. The molecular formula is C8H16O5Si. The van der Waals surface area contributed by atoms with E-state index in [0.29, 0.717) is 6.61 Å². The minimum atomic E-state index is -3.27. The lowest BCUT2D eigenvalue weighted by Crippen LogP contribution is -2.48. The molecule has 0 saturated carbocycles. The van der Waals surface area contributed by atoms with Crippen molar-refractivity contribution in [2.24, 2.45) is 0 Å². The van der Waals surface area contributed by atoms with E-state index in [2.05, 4.69) is 6.58 Å². The lowest BCUT2D eigenvalue weighted by atomic mass is 10.5. The first-order valence-electron chi connectivity index (χ1n) is 4.23. The van der Waals surface area contributed by atoms with Crippen molar-refractivity contribution in [1.82, 2.24) is 0 Å². The van der Waals surface area contributed by atoms with Crippen molar-refractivity contribution in [3.63, 3.8) is 0 Å². The van der Waals surface area contributed by atoms with Crippen LogP contribution in [0.4, 0.5) is 0 Å². The quantitative estimate of drug-likeness (QED) is 0.470. The van der Waals surface area contributed by atoms with Crippen LogP contribution in [0.1, 0.15) is 13.3 Å². The van der Waals surface area contributed by atoms with E-state index >= 15 is 0 Å². The molecule has 0 radical (unpaired) electrons. The van der Waals surface area contributed by atoms with E-state index in [9.17, 15) is 4.79 Å². The monoisotopic (exact) mass is 220 g/mol. The third kappa shape index (κ3) is 4.01. The Labute approximate surface area is 85.1 Å².